The third-order valence-electron chi connectivity index (χ3n) is 6.10. The molecule has 4 nitrogen and oxygen atoms in total. The molecule has 4 atom stereocenters. The molecule has 1 aromatic rings. The topological polar surface area (TPSA) is 77.8 Å². The van der Waals surface area contributed by atoms with Crippen molar-refractivity contribution < 1.29 is 20.1 Å². The zero-order valence-corrected chi connectivity index (χ0v) is 13.5. The molecular formula is C18H26O4. The van der Waals surface area contributed by atoms with Gasteiger partial charge in [-0.15, -0.1) is 0 Å². The fraction of sp³-hybridized carbons (Fsp3) is 0.611. The SMILES string of the molecule is CC1(C)[C@@H]2CC[C@]1(C)[C@@H](O)C2.O=C(O)C(O)c1ccccc1. The van der Waals surface area contributed by atoms with E-state index in [1.807, 2.05) is 0 Å². The molecule has 4 heteroatoms. The molecule has 0 saturated heterocycles. The lowest BCUT2D eigenvalue weighted by Gasteiger charge is -2.36. The van der Waals surface area contributed by atoms with Crippen molar-refractivity contribution in [2.45, 2.75) is 52.2 Å². The van der Waals surface area contributed by atoms with Crippen molar-refractivity contribution in [1.82, 2.24) is 0 Å². The lowest BCUT2D eigenvalue weighted by Crippen LogP contribution is -2.35. The molecule has 0 amide bonds. The lowest BCUT2D eigenvalue weighted by molar-refractivity contribution is -0.146. The Kier molecular flexibility index (Phi) is 4.64. The fourth-order valence-corrected chi connectivity index (χ4v) is 3.94. The fourth-order valence-electron chi connectivity index (χ4n) is 3.94. The number of hydrogen-bond donors (Lipinski definition) is 3. The molecule has 1 aromatic carbocycles. The first-order valence-corrected chi connectivity index (χ1v) is 7.84. The van der Waals surface area contributed by atoms with E-state index in [0.29, 0.717) is 11.0 Å². The van der Waals surface area contributed by atoms with Gasteiger partial charge in [-0.05, 0) is 41.6 Å². The van der Waals surface area contributed by atoms with Crippen LogP contribution >= 0.6 is 0 Å². The molecule has 0 heterocycles. The number of carboxylic acids is 1. The van der Waals surface area contributed by atoms with Gasteiger partial charge in [0.05, 0.1) is 6.10 Å². The number of aliphatic carboxylic acids is 1. The summed E-state index contributed by atoms with van der Waals surface area (Å²) in [6.07, 6.45) is 2.17. The van der Waals surface area contributed by atoms with Crippen molar-refractivity contribution in [3.05, 3.63) is 35.9 Å². The molecule has 0 radical (unpaired) electrons. The standard InChI is InChI=1S/C10H18O.C8H8O3/c1-9(2)7-4-5-10(9,3)8(11)6-7;9-7(8(10)11)6-4-2-1-3-5-6/h7-8,11H,4-6H2,1-3H3;1-5,7,9H,(H,10,11)/t7-,8+,10-;/m1./s1. The monoisotopic (exact) mass is 306 g/mol. The molecule has 2 fully saturated rings. The summed E-state index contributed by atoms with van der Waals surface area (Å²) in [6, 6.07) is 8.26. The third-order valence-corrected chi connectivity index (χ3v) is 6.10. The highest BCUT2D eigenvalue weighted by Gasteiger charge is 2.60. The van der Waals surface area contributed by atoms with Crippen LogP contribution in [-0.4, -0.2) is 27.4 Å². The second-order valence-corrected chi connectivity index (χ2v) is 7.28. The van der Waals surface area contributed by atoms with Crippen LogP contribution in [-0.2, 0) is 4.79 Å². The van der Waals surface area contributed by atoms with Crippen molar-refractivity contribution in [2.24, 2.45) is 16.7 Å². The van der Waals surface area contributed by atoms with E-state index in [1.54, 1.807) is 30.3 Å². The van der Waals surface area contributed by atoms with Crippen LogP contribution in [0.5, 0.6) is 0 Å². The first-order chi connectivity index (χ1) is 10.2. The zero-order chi connectivity index (χ0) is 16.5. The van der Waals surface area contributed by atoms with Gasteiger partial charge in [0.2, 0.25) is 0 Å². The summed E-state index contributed by atoms with van der Waals surface area (Å²) in [6.45, 7) is 6.90. The number of aliphatic hydroxyl groups is 2. The zero-order valence-electron chi connectivity index (χ0n) is 13.5. The highest BCUT2D eigenvalue weighted by molar-refractivity contribution is 5.73. The van der Waals surface area contributed by atoms with Gasteiger partial charge in [-0.3, -0.25) is 0 Å². The van der Waals surface area contributed by atoms with Crippen molar-refractivity contribution in [1.29, 1.82) is 0 Å². The number of carbonyl (C=O) groups is 1. The maximum Gasteiger partial charge on any atom is 0.337 e. The molecule has 0 spiro atoms. The minimum atomic E-state index is -1.41. The molecule has 3 N–H and O–H groups in total. The van der Waals surface area contributed by atoms with Crippen LogP contribution in [0.15, 0.2) is 30.3 Å². The Hall–Kier alpha value is -1.39. The molecule has 2 saturated carbocycles. The number of aliphatic hydroxyl groups excluding tert-OH is 2. The van der Waals surface area contributed by atoms with E-state index in [0.717, 1.165) is 12.3 Å². The average Bonchev–Trinajstić information content (AvgIpc) is 2.81. The second-order valence-electron chi connectivity index (χ2n) is 7.28. The number of rotatable bonds is 2. The smallest absolute Gasteiger partial charge is 0.337 e. The van der Waals surface area contributed by atoms with Gasteiger partial charge in [-0.1, -0.05) is 51.1 Å². The summed E-state index contributed by atoms with van der Waals surface area (Å²) in [4.78, 5) is 10.2. The highest BCUT2D eigenvalue weighted by Crippen LogP contribution is 2.65. The Morgan fingerprint density at radius 3 is 2.14 bits per heavy atom. The molecule has 2 aliphatic carbocycles. The molecule has 122 valence electrons. The van der Waals surface area contributed by atoms with E-state index in [-0.39, 0.29) is 11.5 Å². The van der Waals surface area contributed by atoms with E-state index in [9.17, 15) is 9.90 Å². The normalized spacial score (nSPS) is 33.0. The Morgan fingerprint density at radius 2 is 1.82 bits per heavy atom. The summed E-state index contributed by atoms with van der Waals surface area (Å²) in [5.74, 6) is -0.446. The van der Waals surface area contributed by atoms with Crippen molar-refractivity contribution >= 4 is 5.97 Å². The predicted octanol–water partition coefficient (Wildman–Crippen LogP) is 3.00. The summed E-state index contributed by atoms with van der Waals surface area (Å²) in [5, 5.41) is 27.2. The largest absolute Gasteiger partial charge is 0.479 e. The molecule has 22 heavy (non-hydrogen) atoms. The van der Waals surface area contributed by atoms with Crippen LogP contribution in [0.2, 0.25) is 0 Å². The summed E-state index contributed by atoms with van der Waals surface area (Å²) in [5.41, 5.74) is 1.00. The number of hydrogen-bond acceptors (Lipinski definition) is 3. The maximum absolute atomic E-state index is 10.2. The van der Waals surface area contributed by atoms with Gasteiger partial charge in [-0.2, -0.15) is 0 Å². The van der Waals surface area contributed by atoms with Crippen LogP contribution in [0.3, 0.4) is 0 Å². The van der Waals surface area contributed by atoms with E-state index < -0.39 is 12.1 Å². The van der Waals surface area contributed by atoms with Gasteiger partial charge in [0, 0.05) is 0 Å². The lowest BCUT2D eigenvalue weighted by atomic mass is 9.70. The van der Waals surface area contributed by atoms with E-state index in [1.165, 1.54) is 12.8 Å². The van der Waals surface area contributed by atoms with Crippen LogP contribution in [0, 0.1) is 16.7 Å². The Bertz CT molecular complexity index is 525. The molecule has 0 aromatic heterocycles. The number of benzene rings is 1. The minimum absolute atomic E-state index is 0.0313. The van der Waals surface area contributed by atoms with Crippen LogP contribution in [0.4, 0.5) is 0 Å². The Morgan fingerprint density at radius 1 is 1.23 bits per heavy atom. The minimum Gasteiger partial charge on any atom is -0.479 e. The van der Waals surface area contributed by atoms with Gasteiger partial charge in [0.1, 0.15) is 0 Å². The number of fused-ring (bicyclic) bond motifs is 2. The molecular weight excluding hydrogens is 280 g/mol. The highest BCUT2D eigenvalue weighted by atomic mass is 16.4. The van der Waals surface area contributed by atoms with Crippen molar-refractivity contribution in [3.8, 4) is 0 Å². The van der Waals surface area contributed by atoms with Crippen molar-refractivity contribution in [2.75, 3.05) is 0 Å². The van der Waals surface area contributed by atoms with Crippen molar-refractivity contribution in [3.63, 3.8) is 0 Å². The average molecular weight is 306 g/mol. The first-order valence-electron chi connectivity index (χ1n) is 7.84. The third kappa shape index (κ3) is 2.77. The summed E-state index contributed by atoms with van der Waals surface area (Å²) >= 11 is 0. The quantitative estimate of drug-likeness (QED) is 0.785. The first kappa shape index (κ1) is 17.0. The van der Waals surface area contributed by atoms with E-state index >= 15 is 0 Å². The van der Waals surface area contributed by atoms with Crippen LogP contribution < -0.4 is 0 Å². The van der Waals surface area contributed by atoms with Gasteiger partial charge in [0.25, 0.3) is 0 Å². The Labute approximate surface area is 131 Å². The summed E-state index contributed by atoms with van der Waals surface area (Å²) in [7, 11) is 0. The number of carboxylic acid groups (broad SMARTS) is 1. The molecule has 0 aliphatic heterocycles. The predicted molar refractivity (Wildman–Crippen MR) is 84.3 cm³/mol. The van der Waals surface area contributed by atoms with Gasteiger partial charge < -0.3 is 15.3 Å². The molecule has 1 unspecified atom stereocenters. The van der Waals surface area contributed by atoms with Crippen LogP contribution in [0.1, 0.15) is 51.7 Å². The van der Waals surface area contributed by atoms with E-state index in [4.69, 9.17) is 10.2 Å². The van der Waals surface area contributed by atoms with E-state index in [2.05, 4.69) is 20.8 Å². The van der Waals surface area contributed by atoms with Crippen LogP contribution in [0.25, 0.3) is 0 Å². The van der Waals surface area contributed by atoms with Gasteiger partial charge in [-0.25, -0.2) is 4.79 Å². The van der Waals surface area contributed by atoms with Gasteiger partial charge >= 0.3 is 5.97 Å². The molecule has 2 bridgehead atoms. The van der Waals surface area contributed by atoms with Gasteiger partial charge in [0.15, 0.2) is 6.10 Å². The maximum atomic E-state index is 10.2. The Balaban J connectivity index is 0.000000160. The molecule has 2 aliphatic rings. The molecule has 3 rings (SSSR count). The second kappa shape index (κ2) is 6.01. The summed E-state index contributed by atoms with van der Waals surface area (Å²) < 4.78 is 0.